The van der Waals surface area contributed by atoms with Crippen molar-refractivity contribution in [1.29, 1.82) is 0 Å². The maximum absolute atomic E-state index is 13.1. The van der Waals surface area contributed by atoms with Gasteiger partial charge in [0.25, 0.3) is 0 Å². The summed E-state index contributed by atoms with van der Waals surface area (Å²) < 4.78 is 39.3. The van der Waals surface area contributed by atoms with E-state index in [-0.39, 0.29) is 29.7 Å². The predicted octanol–water partition coefficient (Wildman–Crippen LogP) is 3.15. The zero-order valence-electron chi connectivity index (χ0n) is 13.9. The molecule has 0 bridgehead atoms. The molecule has 1 aliphatic carbocycles. The van der Waals surface area contributed by atoms with E-state index in [0.29, 0.717) is 17.7 Å². The quantitative estimate of drug-likeness (QED) is 0.860. The molecule has 1 aliphatic heterocycles. The Labute approximate surface area is 155 Å². The summed E-state index contributed by atoms with van der Waals surface area (Å²) in [5.74, 6) is 1.85. The number of pyridine rings is 1. The Morgan fingerprint density at radius 2 is 1.73 bits per heavy atom. The molecule has 1 saturated carbocycles. The summed E-state index contributed by atoms with van der Waals surface area (Å²) in [6.45, 7) is 1.76. The molecule has 2 atom stereocenters. The monoisotopic (exact) mass is 385 g/mol. The van der Waals surface area contributed by atoms with Crippen LogP contribution in [-0.2, 0) is 6.18 Å². The van der Waals surface area contributed by atoms with Gasteiger partial charge >= 0.3 is 6.18 Å². The highest BCUT2D eigenvalue weighted by Gasteiger charge is 2.40. The summed E-state index contributed by atoms with van der Waals surface area (Å²) in [7, 11) is 0. The van der Waals surface area contributed by atoms with E-state index in [1.807, 2.05) is 0 Å². The van der Waals surface area contributed by atoms with E-state index in [1.54, 1.807) is 12.1 Å². The summed E-state index contributed by atoms with van der Waals surface area (Å²) in [5.41, 5.74) is 5.17. The van der Waals surface area contributed by atoms with Gasteiger partial charge in [-0.2, -0.15) is 13.2 Å². The number of nitrogens with two attached hydrogens (primary N) is 1. The normalized spacial score (nSPS) is 23.0. The van der Waals surface area contributed by atoms with Gasteiger partial charge in [0.05, 0.1) is 5.69 Å². The van der Waals surface area contributed by atoms with Gasteiger partial charge in [-0.3, -0.25) is 4.98 Å². The maximum Gasteiger partial charge on any atom is 0.434 e. The lowest BCUT2D eigenvalue weighted by molar-refractivity contribution is -0.140. The van der Waals surface area contributed by atoms with Crippen LogP contribution in [0, 0.1) is 11.8 Å². The Morgan fingerprint density at radius 3 is 2.31 bits per heavy atom. The van der Waals surface area contributed by atoms with E-state index in [4.69, 9.17) is 5.73 Å². The van der Waals surface area contributed by atoms with Gasteiger partial charge in [0, 0.05) is 30.9 Å². The molecule has 3 heterocycles. The van der Waals surface area contributed by atoms with Crippen molar-refractivity contribution in [1.82, 2.24) is 15.2 Å². The van der Waals surface area contributed by atoms with Crippen LogP contribution in [0.3, 0.4) is 0 Å². The van der Waals surface area contributed by atoms with E-state index in [0.717, 1.165) is 32.1 Å². The minimum absolute atomic E-state index is 0. The van der Waals surface area contributed by atoms with Gasteiger partial charge in [0.15, 0.2) is 11.5 Å². The van der Waals surface area contributed by atoms with Crippen molar-refractivity contribution in [3.8, 4) is 11.3 Å². The van der Waals surface area contributed by atoms with Crippen LogP contribution in [0.25, 0.3) is 11.3 Å². The van der Waals surface area contributed by atoms with Crippen molar-refractivity contribution in [2.45, 2.75) is 25.1 Å². The fraction of sp³-hybridized carbons (Fsp3) is 0.471. The van der Waals surface area contributed by atoms with Crippen molar-refractivity contribution in [3.05, 3.63) is 36.2 Å². The number of hydrogen-bond donors (Lipinski definition) is 1. The lowest BCUT2D eigenvalue weighted by Gasteiger charge is -2.19. The van der Waals surface area contributed by atoms with Gasteiger partial charge in [-0.1, -0.05) is 0 Å². The Bertz CT molecular complexity index is 754. The second kappa shape index (κ2) is 7.00. The van der Waals surface area contributed by atoms with E-state index in [1.165, 1.54) is 12.1 Å². The molecule has 0 aromatic carbocycles. The van der Waals surface area contributed by atoms with Gasteiger partial charge in [-0.05, 0) is 48.9 Å². The van der Waals surface area contributed by atoms with Crippen LogP contribution in [0.1, 0.15) is 18.5 Å². The Hall–Kier alpha value is -1.93. The zero-order chi connectivity index (χ0) is 17.6. The number of hydrogen-bond acceptors (Lipinski definition) is 5. The SMILES string of the molecule is Cl.NC1C[C@@H]2CN(c3ccc(-c4cccnc4C(F)(F)F)nn3)C[C@H]2C1. The number of nitrogens with zero attached hydrogens (tertiary/aromatic N) is 4. The topological polar surface area (TPSA) is 67.9 Å². The molecule has 26 heavy (non-hydrogen) atoms. The fourth-order valence-electron chi connectivity index (χ4n) is 4.01. The van der Waals surface area contributed by atoms with Crippen molar-refractivity contribution < 1.29 is 13.2 Å². The summed E-state index contributed by atoms with van der Waals surface area (Å²) >= 11 is 0. The molecule has 1 saturated heterocycles. The molecular formula is C17H19ClF3N5. The summed E-state index contributed by atoms with van der Waals surface area (Å²) in [6.07, 6.45) is -1.35. The van der Waals surface area contributed by atoms with Crippen LogP contribution in [-0.4, -0.2) is 34.3 Å². The van der Waals surface area contributed by atoms with Crippen molar-refractivity contribution in [2.24, 2.45) is 17.6 Å². The molecule has 9 heteroatoms. The van der Waals surface area contributed by atoms with Crippen molar-refractivity contribution in [3.63, 3.8) is 0 Å². The van der Waals surface area contributed by atoms with E-state index in [2.05, 4.69) is 20.1 Å². The fourth-order valence-corrected chi connectivity index (χ4v) is 4.01. The summed E-state index contributed by atoms with van der Waals surface area (Å²) in [6, 6.07) is 6.42. The van der Waals surface area contributed by atoms with Crippen molar-refractivity contribution in [2.75, 3.05) is 18.0 Å². The average Bonchev–Trinajstić information content (AvgIpc) is 3.11. The Morgan fingerprint density at radius 1 is 1.04 bits per heavy atom. The highest BCUT2D eigenvalue weighted by Crippen LogP contribution is 2.39. The second-order valence-corrected chi connectivity index (χ2v) is 6.83. The zero-order valence-corrected chi connectivity index (χ0v) is 14.7. The Kier molecular flexibility index (Phi) is 5.07. The van der Waals surface area contributed by atoms with Crippen LogP contribution in [0.5, 0.6) is 0 Å². The molecular weight excluding hydrogens is 367 g/mol. The van der Waals surface area contributed by atoms with E-state index >= 15 is 0 Å². The van der Waals surface area contributed by atoms with Crippen LogP contribution in [0.2, 0.25) is 0 Å². The molecule has 2 aromatic rings. The first-order chi connectivity index (χ1) is 11.9. The highest BCUT2D eigenvalue weighted by atomic mass is 35.5. The average molecular weight is 386 g/mol. The second-order valence-electron chi connectivity index (χ2n) is 6.83. The Balaban J connectivity index is 0.00000196. The van der Waals surface area contributed by atoms with E-state index < -0.39 is 11.9 Å². The van der Waals surface area contributed by atoms with Gasteiger partial charge in [0.2, 0.25) is 0 Å². The highest BCUT2D eigenvalue weighted by molar-refractivity contribution is 5.85. The molecule has 2 fully saturated rings. The largest absolute Gasteiger partial charge is 0.434 e. The van der Waals surface area contributed by atoms with Gasteiger partial charge < -0.3 is 10.6 Å². The van der Waals surface area contributed by atoms with Crippen LogP contribution >= 0.6 is 12.4 Å². The molecule has 0 amide bonds. The number of halogens is 4. The minimum atomic E-state index is -4.53. The molecule has 2 aromatic heterocycles. The maximum atomic E-state index is 13.1. The number of aromatic nitrogens is 3. The van der Waals surface area contributed by atoms with Gasteiger partial charge in [-0.15, -0.1) is 22.6 Å². The third kappa shape index (κ3) is 3.48. The molecule has 4 rings (SSSR count). The number of rotatable bonds is 2. The van der Waals surface area contributed by atoms with Crippen LogP contribution in [0.15, 0.2) is 30.5 Å². The van der Waals surface area contributed by atoms with Gasteiger partial charge in [0.1, 0.15) is 0 Å². The first-order valence-corrected chi connectivity index (χ1v) is 8.28. The lowest BCUT2D eigenvalue weighted by atomic mass is 10.0. The first kappa shape index (κ1) is 18.8. The predicted molar refractivity (Wildman–Crippen MR) is 93.9 cm³/mol. The molecule has 140 valence electrons. The molecule has 0 unspecified atom stereocenters. The standard InChI is InChI=1S/C17H18F3N5.ClH/c18-17(19,20)16-13(2-1-5-22-16)14-3-4-15(24-23-14)25-8-10-6-12(21)7-11(10)9-25;/h1-5,10-12H,6-9,21H2;1H/t10-,11-;/m1./s1. The van der Waals surface area contributed by atoms with Crippen LogP contribution in [0.4, 0.5) is 19.0 Å². The molecule has 0 spiro atoms. The summed E-state index contributed by atoms with van der Waals surface area (Å²) in [4.78, 5) is 5.60. The molecule has 0 radical (unpaired) electrons. The van der Waals surface area contributed by atoms with E-state index in [9.17, 15) is 13.2 Å². The third-order valence-corrected chi connectivity index (χ3v) is 5.11. The number of anilines is 1. The molecule has 5 nitrogen and oxygen atoms in total. The smallest absolute Gasteiger partial charge is 0.355 e. The van der Waals surface area contributed by atoms with Crippen LogP contribution < -0.4 is 10.6 Å². The van der Waals surface area contributed by atoms with Gasteiger partial charge in [-0.25, -0.2) is 0 Å². The third-order valence-electron chi connectivity index (χ3n) is 5.11. The number of alkyl halides is 3. The lowest BCUT2D eigenvalue weighted by Crippen LogP contribution is -2.26. The molecule has 2 N–H and O–H groups in total. The first-order valence-electron chi connectivity index (χ1n) is 8.28. The minimum Gasteiger partial charge on any atom is -0.355 e. The number of fused-ring (bicyclic) bond motifs is 1. The molecule has 2 aliphatic rings. The summed E-state index contributed by atoms with van der Waals surface area (Å²) in [5, 5.41) is 8.18. The van der Waals surface area contributed by atoms with Crippen molar-refractivity contribution >= 4 is 18.2 Å².